The summed E-state index contributed by atoms with van der Waals surface area (Å²) in [5, 5.41) is 4.07. The van der Waals surface area contributed by atoms with Crippen LogP contribution in [-0.2, 0) is 19.1 Å². The smallest absolute Gasteiger partial charge is 0.417 e. The van der Waals surface area contributed by atoms with E-state index in [4.69, 9.17) is 16.3 Å². The molecular formula is C23H21ClF3N5O2. The molecule has 11 heteroatoms. The third-order valence-corrected chi connectivity index (χ3v) is 6.42. The van der Waals surface area contributed by atoms with E-state index < -0.39 is 17.3 Å². The lowest BCUT2D eigenvalue weighted by molar-refractivity contribution is -0.137. The van der Waals surface area contributed by atoms with Crippen LogP contribution in [0.5, 0.6) is 5.75 Å². The summed E-state index contributed by atoms with van der Waals surface area (Å²) in [4.78, 5) is 20.8. The van der Waals surface area contributed by atoms with Gasteiger partial charge in [0.25, 0.3) is 5.56 Å². The van der Waals surface area contributed by atoms with Crippen molar-refractivity contribution in [3.63, 3.8) is 0 Å². The monoisotopic (exact) mass is 491 g/mol. The molecule has 1 fully saturated rings. The summed E-state index contributed by atoms with van der Waals surface area (Å²) in [6.45, 7) is 4.46. The average molecular weight is 492 g/mol. The van der Waals surface area contributed by atoms with Gasteiger partial charge in [0.1, 0.15) is 10.8 Å². The minimum Gasteiger partial charge on any atom is -0.493 e. The molecule has 0 bridgehead atoms. The third kappa shape index (κ3) is 4.47. The van der Waals surface area contributed by atoms with Gasteiger partial charge in [-0.15, -0.1) is 0 Å². The van der Waals surface area contributed by atoms with E-state index in [1.165, 1.54) is 17.3 Å². The summed E-state index contributed by atoms with van der Waals surface area (Å²) in [5.74, 6) is 0.938. The van der Waals surface area contributed by atoms with E-state index in [0.29, 0.717) is 25.0 Å². The van der Waals surface area contributed by atoms with Crippen LogP contribution in [-0.4, -0.2) is 52.5 Å². The quantitative estimate of drug-likeness (QED) is 0.556. The molecule has 0 aliphatic carbocycles. The van der Waals surface area contributed by atoms with Crippen molar-refractivity contribution < 1.29 is 17.9 Å². The van der Waals surface area contributed by atoms with Crippen molar-refractivity contribution >= 4 is 17.3 Å². The fourth-order valence-corrected chi connectivity index (χ4v) is 4.48. The van der Waals surface area contributed by atoms with Crippen LogP contribution in [0, 0.1) is 0 Å². The molecule has 0 saturated carbocycles. The molecule has 4 heterocycles. The molecule has 1 saturated heterocycles. The van der Waals surface area contributed by atoms with Crippen LogP contribution in [0.15, 0.2) is 47.5 Å². The zero-order valence-electron chi connectivity index (χ0n) is 18.1. The lowest BCUT2D eigenvalue weighted by Crippen LogP contribution is -2.46. The van der Waals surface area contributed by atoms with E-state index in [1.807, 2.05) is 11.0 Å². The number of alkyl halides is 3. The Morgan fingerprint density at radius 1 is 1.06 bits per heavy atom. The van der Waals surface area contributed by atoms with Crippen molar-refractivity contribution in [3.8, 4) is 11.6 Å². The molecule has 5 rings (SSSR count). The minimum atomic E-state index is -4.51. The third-order valence-electron chi connectivity index (χ3n) is 6.07. The fraction of sp³-hybridized carbons (Fsp3) is 0.348. The number of halogens is 4. The maximum absolute atomic E-state index is 12.8. The molecule has 3 aromatic rings. The number of piperazine rings is 1. The molecule has 178 valence electrons. The van der Waals surface area contributed by atoms with E-state index in [-0.39, 0.29) is 10.8 Å². The van der Waals surface area contributed by atoms with Crippen molar-refractivity contribution in [1.82, 2.24) is 19.7 Å². The number of benzene rings is 1. The highest BCUT2D eigenvalue weighted by Gasteiger charge is 2.31. The molecule has 0 unspecified atom stereocenters. The van der Waals surface area contributed by atoms with Crippen LogP contribution < -0.4 is 15.2 Å². The molecule has 0 amide bonds. The zero-order chi connectivity index (χ0) is 23.9. The molecule has 2 aliphatic rings. The summed E-state index contributed by atoms with van der Waals surface area (Å²) < 4.78 is 44.8. The Morgan fingerprint density at radius 3 is 2.56 bits per heavy atom. The number of fused-ring (bicyclic) bond motifs is 1. The first-order valence-electron chi connectivity index (χ1n) is 10.8. The Morgan fingerprint density at radius 2 is 1.85 bits per heavy atom. The second-order valence-electron chi connectivity index (χ2n) is 8.27. The van der Waals surface area contributed by atoms with Gasteiger partial charge in [-0.25, -0.2) is 4.98 Å². The van der Waals surface area contributed by atoms with Gasteiger partial charge in [-0.3, -0.25) is 9.69 Å². The van der Waals surface area contributed by atoms with Crippen LogP contribution in [0.4, 0.5) is 18.9 Å². The summed E-state index contributed by atoms with van der Waals surface area (Å²) in [6, 6.07) is 8.26. The van der Waals surface area contributed by atoms with E-state index in [9.17, 15) is 18.0 Å². The first-order valence-corrected chi connectivity index (χ1v) is 11.2. The van der Waals surface area contributed by atoms with Crippen molar-refractivity contribution in [3.05, 3.63) is 74.8 Å². The van der Waals surface area contributed by atoms with Crippen molar-refractivity contribution in [2.45, 2.75) is 19.1 Å². The maximum atomic E-state index is 12.8. The SMILES string of the molecule is O=c1c(Cl)c(N2CCN(Cc3ccc4c(c3)CCO4)CC2)cnn1-c1ccc(C(F)(F)F)cn1. The second-order valence-corrected chi connectivity index (χ2v) is 8.65. The molecular weight excluding hydrogens is 471 g/mol. The van der Waals surface area contributed by atoms with E-state index >= 15 is 0 Å². The lowest BCUT2D eigenvalue weighted by Gasteiger charge is -2.36. The number of anilines is 1. The van der Waals surface area contributed by atoms with Crippen LogP contribution in [0.2, 0.25) is 5.02 Å². The Kier molecular flexibility index (Phi) is 5.95. The number of hydrogen-bond donors (Lipinski definition) is 0. The van der Waals surface area contributed by atoms with Gasteiger partial charge in [-0.1, -0.05) is 23.7 Å². The predicted octanol–water partition coefficient (Wildman–Crippen LogP) is 3.56. The number of aromatic nitrogens is 3. The molecule has 0 atom stereocenters. The second kappa shape index (κ2) is 8.92. The highest BCUT2D eigenvalue weighted by molar-refractivity contribution is 6.33. The minimum absolute atomic E-state index is 0.0315. The van der Waals surface area contributed by atoms with E-state index in [1.54, 1.807) is 0 Å². The van der Waals surface area contributed by atoms with Crippen molar-refractivity contribution in [2.24, 2.45) is 0 Å². The summed E-state index contributed by atoms with van der Waals surface area (Å²) in [7, 11) is 0. The Hall–Kier alpha value is -3.11. The molecule has 2 aromatic heterocycles. The summed E-state index contributed by atoms with van der Waals surface area (Å²) in [6.07, 6.45) is -1.45. The van der Waals surface area contributed by atoms with Gasteiger partial charge < -0.3 is 9.64 Å². The Balaban J connectivity index is 1.26. The first kappa shape index (κ1) is 22.7. The maximum Gasteiger partial charge on any atom is 0.417 e. The molecule has 0 spiro atoms. The molecule has 7 nitrogen and oxygen atoms in total. The number of pyridine rings is 1. The van der Waals surface area contributed by atoms with Crippen LogP contribution in [0.1, 0.15) is 16.7 Å². The Labute approximate surface area is 198 Å². The van der Waals surface area contributed by atoms with Gasteiger partial charge in [-0.2, -0.15) is 23.0 Å². The average Bonchev–Trinajstić information content (AvgIpc) is 3.29. The lowest BCUT2D eigenvalue weighted by atomic mass is 10.1. The molecule has 2 aliphatic heterocycles. The first-order chi connectivity index (χ1) is 16.3. The topological polar surface area (TPSA) is 63.5 Å². The van der Waals surface area contributed by atoms with E-state index in [0.717, 1.165) is 55.2 Å². The van der Waals surface area contributed by atoms with Crippen LogP contribution in [0.3, 0.4) is 0 Å². The molecule has 0 radical (unpaired) electrons. The summed E-state index contributed by atoms with van der Waals surface area (Å²) >= 11 is 6.36. The number of ether oxygens (including phenoxy) is 1. The van der Waals surface area contributed by atoms with Crippen molar-refractivity contribution in [1.29, 1.82) is 0 Å². The number of rotatable bonds is 4. The van der Waals surface area contributed by atoms with Crippen molar-refractivity contribution in [2.75, 3.05) is 37.7 Å². The largest absolute Gasteiger partial charge is 0.493 e. The van der Waals surface area contributed by atoms with Gasteiger partial charge in [0.2, 0.25) is 0 Å². The Bertz CT molecular complexity index is 1250. The van der Waals surface area contributed by atoms with Gasteiger partial charge in [0, 0.05) is 45.3 Å². The van der Waals surface area contributed by atoms with Gasteiger partial charge in [0.15, 0.2) is 5.82 Å². The number of hydrogen-bond acceptors (Lipinski definition) is 6. The molecule has 1 aromatic carbocycles. The van der Waals surface area contributed by atoms with Crippen LogP contribution in [0.25, 0.3) is 5.82 Å². The number of nitrogens with zero attached hydrogens (tertiary/aromatic N) is 5. The zero-order valence-corrected chi connectivity index (χ0v) is 18.8. The van der Waals surface area contributed by atoms with Gasteiger partial charge in [0.05, 0.1) is 24.1 Å². The normalized spacial score (nSPS) is 16.4. The fourth-order valence-electron chi connectivity index (χ4n) is 4.23. The highest BCUT2D eigenvalue weighted by Crippen LogP contribution is 2.29. The standard InChI is InChI=1S/C23H21ClF3N5O2/c24-21-18(13-29-32(22(21)33)20-4-2-17(12-28-20)23(25,26)27)31-8-6-30(7-9-31)14-15-1-3-19-16(11-15)5-10-34-19/h1-4,11-13H,5-10,14H2. The van der Waals surface area contributed by atoms with Crippen LogP contribution >= 0.6 is 11.6 Å². The molecule has 34 heavy (non-hydrogen) atoms. The molecule has 0 N–H and O–H groups in total. The van der Waals surface area contributed by atoms with E-state index in [2.05, 4.69) is 27.1 Å². The predicted molar refractivity (Wildman–Crippen MR) is 121 cm³/mol. The van der Waals surface area contributed by atoms with Gasteiger partial charge >= 0.3 is 6.18 Å². The highest BCUT2D eigenvalue weighted by atomic mass is 35.5. The van der Waals surface area contributed by atoms with Gasteiger partial charge in [-0.05, 0) is 29.3 Å². The summed E-state index contributed by atoms with van der Waals surface area (Å²) in [5.41, 5.74) is 1.46.